The molecule has 0 spiro atoms. The van der Waals surface area contributed by atoms with Gasteiger partial charge in [0.05, 0.1) is 5.52 Å². The van der Waals surface area contributed by atoms with Gasteiger partial charge < -0.3 is 4.90 Å². The van der Waals surface area contributed by atoms with Gasteiger partial charge in [0.15, 0.2) is 5.82 Å². The van der Waals surface area contributed by atoms with Gasteiger partial charge in [0.25, 0.3) is 10.2 Å². The summed E-state index contributed by atoms with van der Waals surface area (Å²) in [5.74, 6) is 1.48. The van der Waals surface area contributed by atoms with Crippen molar-refractivity contribution in [2.45, 2.75) is 20.3 Å². The highest BCUT2D eigenvalue weighted by Crippen LogP contribution is 2.33. The number of hydrogen-bond donors (Lipinski definition) is 2. The Kier molecular flexibility index (Phi) is 4.07. The molecule has 1 aliphatic rings. The third-order valence-corrected chi connectivity index (χ3v) is 5.17. The van der Waals surface area contributed by atoms with Gasteiger partial charge in [-0.25, -0.2) is 9.86 Å². The number of hydrogen-bond acceptors (Lipinski definition) is 4. The van der Waals surface area contributed by atoms with E-state index in [1.807, 2.05) is 11.7 Å². The van der Waals surface area contributed by atoms with E-state index in [0.717, 1.165) is 30.8 Å². The van der Waals surface area contributed by atoms with E-state index in [2.05, 4.69) is 40.7 Å². The first-order valence-electron chi connectivity index (χ1n) is 7.71. The second-order valence-corrected chi connectivity index (χ2v) is 7.78. The van der Waals surface area contributed by atoms with E-state index in [4.69, 9.17) is 5.14 Å². The molecular formula is C15H23N5O2S. The van der Waals surface area contributed by atoms with E-state index in [0.29, 0.717) is 12.5 Å². The van der Waals surface area contributed by atoms with Crippen LogP contribution in [0.25, 0.3) is 10.9 Å². The molecule has 0 saturated carbocycles. The fraction of sp³-hybridized carbons (Fsp3) is 0.533. The van der Waals surface area contributed by atoms with Crippen LogP contribution >= 0.6 is 0 Å². The Labute approximate surface area is 136 Å². The van der Waals surface area contributed by atoms with Gasteiger partial charge in [-0.3, -0.25) is 4.68 Å². The molecule has 1 aromatic carbocycles. The van der Waals surface area contributed by atoms with Crippen LogP contribution in [0.1, 0.15) is 17.5 Å². The van der Waals surface area contributed by atoms with Crippen molar-refractivity contribution < 1.29 is 8.42 Å². The number of rotatable bonds is 5. The molecule has 2 aromatic rings. The molecule has 3 rings (SSSR count). The second-order valence-electron chi connectivity index (χ2n) is 6.40. The molecule has 3 N–H and O–H groups in total. The van der Waals surface area contributed by atoms with Crippen LogP contribution in [0, 0.1) is 19.8 Å². The molecule has 23 heavy (non-hydrogen) atoms. The van der Waals surface area contributed by atoms with Gasteiger partial charge in [-0.05, 0) is 49.4 Å². The summed E-state index contributed by atoms with van der Waals surface area (Å²) in [4.78, 5) is 2.25. The maximum absolute atomic E-state index is 10.9. The number of benzene rings is 1. The zero-order chi connectivity index (χ0) is 16.8. The molecule has 2 heterocycles. The first-order valence-corrected chi connectivity index (χ1v) is 9.25. The molecule has 126 valence electrons. The maximum atomic E-state index is 10.9. The summed E-state index contributed by atoms with van der Waals surface area (Å²) in [6.45, 7) is 6.40. The molecule has 1 aliphatic heterocycles. The van der Waals surface area contributed by atoms with Crippen molar-refractivity contribution in [1.82, 2.24) is 14.5 Å². The first-order chi connectivity index (χ1) is 10.7. The molecule has 0 aliphatic carbocycles. The lowest BCUT2D eigenvalue weighted by Gasteiger charge is -2.39. The number of aromatic nitrogens is 2. The molecule has 1 aromatic heterocycles. The predicted molar refractivity (Wildman–Crippen MR) is 91.6 cm³/mol. The smallest absolute Gasteiger partial charge is 0.274 e. The predicted octanol–water partition coefficient (Wildman–Crippen LogP) is 0.810. The second kappa shape index (κ2) is 5.77. The molecule has 0 atom stereocenters. The van der Waals surface area contributed by atoms with Crippen LogP contribution in [-0.2, 0) is 17.3 Å². The summed E-state index contributed by atoms with van der Waals surface area (Å²) < 4.78 is 26.0. The Bertz CT molecular complexity index is 837. The number of aryl methyl sites for hydroxylation is 3. The lowest BCUT2D eigenvalue weighted by molar-refractivity contribution is 0.381. The van der Waals surface area contributed by atoms with Gasteiger partial charge in [0.2, 0.25) is 0 Å². The number of nitrogens with one attached hydrogen (secondary N) is 1. The fourth-order valence-electron chi connectivity index (χ4n) is 3.06. The van der Waals surface area contributed by atoms with Gasteiger partial charge in [0, 0.05) is 32.1 Å². The van der Waals surface area contributed by atoms with E-state index >= 15 is 0 Å². The molecule has 0 amide bonds. The van der Waals surface area contributed by atoms with Crippen molar-refractivity contribution in [2.75, 3.05) is 24.5 Å². The zero-order valence-electron chi connectivity index (χ0n) is 13.7. The van der Waals surface area contributed by atoms with Crippen LogP contribution in [0.15, 0.2) is 12.1 Å². The van der Waals surface area contributed by atoms with Crippen molar-refractivity contribution in [2.24, 2.45) is 18.1 Å². The molecule has 0 unspecified atom stereocenters. The Morgan fingerprint density at radius 1 is 1.30 bits per heavy atom. The number of nitrogens with two attached hydrogens (primary N) is 1. The van der Waals surface area contributed by atoms with E-state index in [1.54, 1.807) is 0 Å². The van der Waals surface area contributed by atoms with Crippen molar-refractivity contribution in [3.8, 4) is 0 Å². The van der Waals surface area contributed by atoms with Gasteiger partial charge >= 0.3 is 0 Å². The molecule has 1 saturated heterocycles. The zero-order valence-corrected chi connectivity index (χ0v) is 14.5. The summed E-state index contributed by atoms with van der Waals surface area (Å²) >= 11 is 0. The van der Waals surface area contributed by atoms with E-state index in [1.165, 1.54) is 16.5 Å². The largest absolute Gasteiger partial charge is 0.354 e. The number of nitrogens with zero attached hydrogens (tertiary/aromatic N) is 3. The Hall–Kier alpha value is -1.64. The van der Waals surface area contributed by atoms with Crippen LogP contribution < -0.4 is 14.8 Å². The van der Waals surface area contributed by atoms with Crippen LogP contribution in [0.5, 0.6) is 0 Å². The molecule has 7 nitrogen and oxygen atoms in total. The van der Waals surface area contributed by atoms with Crippen molar-refractivity contribution in [1.29, 1.82) is 0 Å². The van der Waals surface area contributed by atoms with Crippen molar-refractivity contribution in [3.05, 3.63) is 23.3 Å². The van der Waals surface area contributed by atoms with E-state index < -0.39 is 10.2 Å². The highest BCUT2D eigenvalue weighted by molar-refractivity contribution is 7.87. The SMILES string of the molecule is Cc1cc2c(N3CC(CCNS(N)(=O)=O)C3)nn(C)c2cc1C. The average molecular weight is 337 g/mol. The lowest BCUT2D eigenvalue weighted by atomic mass is 9.96. The third kappa shape index (κ3) is 3.34. The fourth-order valence-corrected chi connectivity index (χ4v) is 3.46. The first kappa shape index (κ1) is 16.2. The summed E-state index contributed by atoms with van der Waals surface area (Å²) in [6, 6.07) is 4.37. The minimum atomic E-state index is -3.58. The van der Waals surface area contributed by atoms with Gasteiger partial charge in [-0.1, -0.05) is 0 Å². The van der Waals surface area contributed by atoms with Crippen LogP contribution in [0.3, 0.4) is 0 Å². The molecule has 1 fully saturated rings. The van der Waals surface area contributed by atoms with Gasteiger partial charge in [-0.15, -0.1) is 0 Å². The van der Waals surface area contributed by atoms with E-state index in [-0.39, 0.29) is 0 Å². The summed E-state index contributed by atoms with van der Waals surface area (Å²) in [7, 11) is -1.62. The Morgan fingerprint density at radius 2 is 1.96 bits per heavy atom. The Balaban J connectivity index is 1.68. The van der Waals surface area contributed by atoms with Crippen molar-refractivity contribution in [3.63, 3.8) is 0 Å². The normalized spacial score (nSPS) is 16.1. The number of fused-ring (bicyclic) bond motifs is 1. The third-order valence-electron chi connectivity index (χ3n) is 4.56. The maximum Gasteiger partial charge on any atom is 0.274 e. The monoisotopic (exact) mass is 337 g/mol. The standard InChI is InChI=1S/C15H23N5O2S/c1-10-6-13-14(7-11(10)2)19(3)18-15(13)20-8-12(9-20)4-5-17-23(16,21)22/h6-7,12,17H,4-5,8-9H2,1-3H3,(H2,16,21,22). The molecular weight excluding hydrogens is 314 g/mol. The summed E-state index contributed by atoms with van der Waals surface area (Å²) in [5.41, 5.74) is 3.67. The topological polar surface area (TPSA) is 93.2 Å². The summed E-state index contributed by atoms with van der Waals surface area (Å²) in [6.07, 6.45) is 0.788. The van der Waals surface area contributed by atoms with Crippen LogP contribution in [-0.4, -0.2) is 37.8 Å². The lowest BCUT2D eigenvalue weighted by Crippen LogP contribution is -2.48. The molecule has 0 bridgehead atoms. The minimum Gasteiger partial charge on any atom is -0.354 e. The van der Waals surface area contributed by atoms with Gasteiger partial charge in [-0.2, -0.15) is 13.5 Å². The molecule has 8 heteroatoms. The van der Waals surface area contributed by atoms with E-state index in [9.17, 15) is 8.42 Å². The Morgan fingerprint density at radius 3 is 2.61 bits per heavy atom. The van der Waals surface area contributed by atoms with Gasteiger partial charge in [0.1, 0.15) is 0 Å². The highest BCUT2D eigenvalue weighted by Gasteiger charge is 2.29. The highest BCUT2D eigenvalue weighted by atomic mass is 32.2. The van der Waals surface area contributed by atoms with Crippen LogP contribution in [0.2, 0.25) is 0 Å². The van der Waals surface area contributed by atoms with Crippen molar-refractivity contribution >= 4 is 26.9 Å². The quantitative estimate of drug-likeness (QED) is 0.844. The average Bonchev–Trinajstić information content (AvgIpc) is 2.69. The molecule has 0 radical (unpaired) electrons. The number of anilines is 1. The summed E-state index contributed by atoms with van der Waals surface area (Å²) in [5, 5.41) is 10.8. The minimum absolute atomic E-state index is 0.388. The van der Waals surface area contributed by atoms with Crippen LogP contribution in [0.4, 0.5) is 5.82 Å².